The smallest absolute Gasteiger partial charge is 0.319 e. The Labute approximate surface area is 178 Å². The second-order valence-corrected chi connectivity index (χ2v) is 7.55. The van der Waals surface area contributed by atoms with Crippen LogP contribution in [0.4, 0.5) is 14.7 Å². The van der Waals surface area contributed by atoms with E-state index < -0.39 is 6.55 Å². The minimum Gasteiger partial charge on any atom is -0.338 e. The number of anilines is 1. The zero-order valence-electron chi connectivity index (χ0n) is 16.9. The summed E-state index contributed by atoms with van der Waals surface area (Å²) in [6.07, 6.45) is 2.75. The first-order valence-corrected chi connectivity index (χ1v) is 10.3. The molecule has 0 N–H and O–H groups in total. The summed E-state index contributed by atoms with van der Waals surface area (Å²) >= 11 is 0. The summed E-state index contributed by atoms with van der Waals surface area (Å²) in [5, 5.41) is 1.02. The summed E-state index contributed by atoms with van der Waals surface area (Å²) in [4.78, 5) is 18.1. The molecule has 0 spiro atoms. The lowest BCUT2D eigenvalue weighted by Crippen LogP contribution is -2.46. The van der Waals surface area contributed by atoms with Gasteiger partial charge >= 0.3 is 6.55 Å². The van der Waals surface area contributed by atoms with E-state index >= 15 is 0 Å². The van der Waals surface area contributed by atoms with E-state index in [0.29, 0.717) is 18.3 Å². The number of nitrogens with zero attached hydrogens (tertiary/aromatic N) is 6. The van der Waals surface area contributed by atoms with Gasteiger partial charge in [-0.3, -0.25) is 9.47 Å². The van der Waals surface area contributed by atoms with Crippen molar-refractivity contribution in [3.63, 3.8) is 0 Å². The third-order valence-corrected chi connectivity index (χ3v) is 5.62. The summed E-state index contributed by atoms with van der Waals surface area (Å²) in [5.74, 6) is 1.09. The molecule has 1 aliphatic rings. The zero-order chi connectivity index (χ0) is 21.2. The molecule has 0 radical (unpaired) electrons. The molecular weight excluding hydrogens is 398 g/mol. The molecule has 4 aromatic rings. The van der Waals surface area contributed by atoms with Crippen LogP contribution in [-0.2, 0) is 6.54 Å². The van der Waals surface area contributed by atoms with Gasteiger partial charge in [0.25, 0.3) is 0 Å². The van der Waals surface area contributed by atoms with Crippen LogP contribution in [0, 0.1) is 0 Å². The number of fused-ring (bicyclic) bond motifs is 1. The summed E-state index contributed by atoms with van der Waals surface area (Å²) in [7, 11) is 0. The molecule has 0 bridgehead atoms. The summed E-state index contributed by atoms with van der Waals surface area (Å²) in [5.41, 5.74) is 2.88. The Kier molecular flexibility index (Phi) is 5.30. The average Bonchev–Trinajstić information content (AvgIpc) is 3.28. The SMILES string of the molecule is FC(F)n1ccnc1CN1CCN(c2nc(-c3ccccc3)c3ccccc3n2)CC1. The van der Waals surface area contributed by atoms with Crippen LogP contribution in [0.25, 0.3) is 22.2 Å². The molecular formula is C23H22F2N6. The monoisotopic (exact) mass is 420 g/mol. The second-order valence-electron chi connectivity index (χ2n) is 7.55. The van der Waals surface area contributed by atoms with Crippen LogP contribution in [-0.4, -0.2) is 50.6 Å². The molecule has 6 nitrogen and oxygen atoms in total. The fraction of sp³-hybridized carbons (Fsp3) is 0.261. The standard InChI is InChI=1S/C23H22F2N6/c24-22(25)31-11-10-26-20(31)16-29-12-14-30(15-13-29)23-27-19-9-5-4-8-18(19)21(28-23)17-6-2-1-3-7-17/h1-11,22H,12-16H2. The molecule has 8 heteroatoms. The maximum atomic E-state index is 13.1. The Hall–Kier alpha value is -3.39. The molecule has 5 rings (SSSR count). The summed E-state index contributed by atoms with van der Waals surface area (Å²) < 4.78 is 27.1. The third kappa shape index (κ3) is 3.98. The van der Waals surface area contributed by atoms with Crippen molar-refractivity contribution in [1.29, 1.82) is 0 Å². The van der Waals surface area contributed by atoms with E-state index in [1.807, 2.05) is 42.5 Å². The van der Waals surface area contributed by atoms with Crippen LogP contribution in [0.1, 0.15) is 12.4 Å². The Morgan fingerprint density at radius 3 is 2.39 bits per heavy atom. The molecule has 0 saturated carbocycles. The van der Waals surface area contributed by atoms with E-state index in [9.17, 15) is 8.78 Å². The third-order valence-electron chi connectivity index (χ3n) is 5.62. The van der Waals surface area contributed by atoms with E-state index in [0.717, 1.165) is 52.9 Å². The predicted molar refractivity (Wildman–Crippen MR) is 116 cm³/mol. The first-order valence-electron chi connectivity index (χ1n) is 10.3. The highest BCUT2D eigenvalue weighted by molar-refractivity contribution is 5.93. The van der Waals surface area contributed by atoms with Gasteiger partial charge in [-0.2, -0.15) is 8.78 Å². The molecule has 2 aromatic carbocycles. The van der Waals surface area contributed by atoms with Gasteiger partial charge in [-0.1, -0.05) is 48.5 Å². The highest BCUT2D eigenvalue weighted by Crippen LogP contribution is 2.28. The van der Waals surface area contributed by atoms with Crippen molar-refractivity contribution in [2.24, 2.45) is 0 Å². The summed E-state index contributed by atoms with van der Waals surface area (Å²) in [6, 6.07) is 18.2. The molecule has 31 heavy (non-hydrogen) atoms. The number of para-hydroxylation sites is 1. The van der Waals surface area contributed by atoms with Gasteiger partial charge in [0.05, 0.1) is 17.8 Å². The number of aromatic nitrogens is 4. The van der Waals surface area contributed by atoms with Crippen molar-refractivity contribution in [2.45, 2.75) is 13.1 Å². The highest BCUT2D eigenvalue weighted by Gasteiger charge is 2.22. The highest BCUT2D eigenvalue weighted by atomic mass is 19.3. The fourth-order valence-corrected chi connectivity index (χ4v) is 3.97. The number of piperazine rings is 1. The molecule has 1 fully saturated rings. The number of benzene rings is 2. The quantitative estimate of drug-likeness (QED) is 0.484. The molecule has 2 aromatic heterocycles. The number of hydrogen-bond acceptors (Lipinski definition) is 5. The van der Waals surface area contributed by atoms with Crippen LogP contribution >= 0.6 is 0 Å². The van der Waals surface area contributed by atoms with Crippen LogP contribution in [0.2, 0.25) is 0 Å². The number of hydrogen-bond donors (Lipinski definition) is 0. The van der Waals surface area contributed by atoms with E-state index in [4.69, 9.17) is 9.97 Å². The lowest BCUT2D eigenvalue weighted by Gasteiger charge is -2.34. The molecule has 158 valence electrons. The fourth-order valence-electron chi connectivity index (χ4n) is 3.97. The first-order chi connectivity index (χ1) is 15.2. The lowest BCUT2D eigenvalue weighted by molar-refractivity contribution is 0.0636. The summed E-state index contributed by atoms with van der Waals surface area (Å²) in [6.45, 7) is 0.740. The van der Waals surface area contributed by atoms with Gasteiger partial charge in [0.15, 0.2) is 0 Å². The second kappa shape index (κ2) is 8.39. The predicted octanol–water partition coefficient (Wildman–Crippen LogP) is 4.21. The Morgan fingerprint density at radius 1 is 0.871 bits per heavy atom. The Bertz CT molecular complexity index is 1170. The minimum atomic E-state index is -2.57. The van der Waals surface area contributed by atoms with E-state index in [1.54, 1.807) is 0 Å². The minimum absolute atomic E-state index is 0.386. The number of imidazole rings is 1. The van der Waals surface area contributed by atoms with Gasteiger partial charge in [-0.05, 0) is 6.07 Å². The molecule has 0 aliphatic carbocycles. The molecule has 0 amide bonds. The normalized spacial score (nSPS) is 15.1. The van der Waals surface area contributed by atoms with Crippen LogP contribution in [0.15, 0.2) is 67.0 Å². The van der Waals surface area contributed by atoms with Crippen molar-refractivity contribution in [2.75, 3.05) is 31.1 Å². The van der Waals surface area contributed by atoms with E-state index in [1.165, 1.54) is 12.4 Å². The van der Waals surface area contributed by atoms with Gasteiger partial charge in [0.1, 0.15) is 5.82 Å². The Balaban J connectivity index is 1.37. The maximum absolute atomic E-state index is 13.1. The number of halogens is 2. The zero-order valence-corrected chi connectivity index (χ0v) is 16.9. The van der Waals surface area contributed by atoms with Gasteiger partial charge in [-0.15, -0.1) is 0 Å². The van der Waals surface area contributed by atoms with Crippen LogP contribution < -0.4 is 4.90 Å². The van der Waals surface area contributed by atoms with Gasteiger partial charge in [-0.25, -0.2) is 15.0 Å². The molecule has 1 saturated heterocycles. The van der Waals surface area contributed by atoms with Crippen molar-refractivity contribution in [3.05, 3.63) is 72.8 Å². The van der Waals surface area contributed by atoms with Gasteiger partial charge < -0.3 is 4.90 Å². The molecule has 3 heterocycles. The topological polar surface area (TPSA) is 50.1 Å². The first kappa shape index (κ1) is 19.6. The van der Waals surface area contributed by atoms with E-state index in [2.05, 4.69) is 26.9 Å². The number of rotatable bonds is 5. The molecule has 1 aliphatic heterocycles. The van der Waals surface area contributed by atoms with Gasteiger partial charge in [0.2, 0.25) is 5.95 Å². The number of alkyl halides is 2. The molecule has 0 atom stereocenters. The van der Waals surface area contributed by atoms with Crippen molar-refractivity contribution >= 4 is 16.9 Å². The van der Waals surface area contributed by atoms with E-state index in [-0.39, 0.29) is 0 Å². The maximum Gasteiger partial charge on any atom is 0.319 e. The van der Waals surface area contributed by atoms with Crippen molar-refractivity contribution in [3.8, 4) is 11.3 Å². The van der Waals surface area contributed by atoms with Crippen molar-refractivity contribution < 1.29 is 8.78 Å². The molecule has 0 unspecified atom stereocenters. The van der Waals surface area contributed by atoms with Crippen molar-refractivity contribution in [1.82, 2.24) is 24.4 Å². The largest absolute Gasteiger partial charge is 0.338 e. The lowest BCUT2D eigenvalue weighted by atomic mass is 10.1. The van der Waals surface area contributed by atoms with Crippen LogP contribution in [0.5, 0.6) is 0 Å². The van der Waals surface area contributed by atoms with Gasteiger partial charge in [0, 0.05) is 49.5 Å². The van der Waals surface area contributed by atoms with Crippen LogP contribution in [0.3, 0.4) is 0 Å². The average molecular weight is 420 g/mol. The Morgan fingerprint density at radius 2 is 1.61 bits per heavy atom.